The molecule has 1 unspecified atom stereocenters. The van der Waals surface area contributed by atoms with Crippen LogP contribution < -0.4 is 5.73 Å². The van der Waals surface area contributed by atoms with Crippen LogP contribution in [0.2, 0.25) is 0 Å². The zero-order valence-corrected chi connectivity index (χ0v) is 35.0. The number of hydrogen-bond donors (Lipinski definition) is 2. The van der Waals surface area contributed by atoms with E-state index in [2.05, 4.69) is 27.7 Å². The molecule has 1 aromatic rings. The Bertz CT molecular complexity index is 1380. The molecule has 12 heteroatoms. The van der Waals surface area contributed by atoms with Crippen LogP contribution >= 0.6 is 7.82 Å². The highest BCUT2D eigenvalue weighted by molar-refractivity contribution is 7.47. The van der Waals surface area contributed by atoms with E-state index in [1.54, 1.807) is 12.2 Å². The minimum absolute atomic E-state index is 0.0253. The molecule has 0 radical (unpaired) electrons. The molecule has 0 bridgehead atoms. The number of carbonyl (C=O) groups is 3. The Balaban J connectivity index is 2.35. The van der Waals surface area contributed by atoms with Crippen molar-refractivity contribution >= 4 is 25.5 Å². The summed E-state index contributed by atoms with van der Waals surface area (Å²) in [5, 5.41) is 0. The van der Waals surface area contributed by atoms with Gasteiger partial charge in [-0.25, -0.2) is 4.57 Å². The van der Waals surface area contributed by atoms with Gasteiger partial charge in [0.1, 0.15) is 18.1 Å². The first kappa shape index (κ1) is 49.9. The van der Waals surface area contributed by atoms with Crippen molar-refractivity contribution in [1.82, 2.24) is 0 Å². The standard InChI is InChI=1S/C43H70NO10P/c1-5-7-21-27-38(45)28-22-17-13-11-9-8-10-12-14-20-25-31-43(47)53-39(35-52-55(48,49)51-33-32-44)34-50-42(46)30-24-19-16-15-18-23-29-41-37(4)36(3)40(54-41)26-6-2/h8-9,12-14,17,22,28,39H,5-7,10-11,15-16,18-21,23-27,29-35,44H2,1-4H3,(H,48,49)/b9-8-,14-12-,17-13-,28-22+/t39-/m1/s1. The van der Waals surface area contributed by atoms with Crippen LogP contribution in [-0.4, -0.2) is 55.1 Å². The van der Waals surface area contributed by atoms with E-state index in [0.29, 0.717) is 25.7 Å². The van der Waals surface area contributed by atoms with Gasteiger partial charge in [0, 0.05) is 38.6 Å². The average molecular weight is 792 g/mol. The second-order valence-corrected chi connectivity index (χ2v) is 15.2. The molecule has 0 aliphatic carbocycles. The lowest BCUT2D eigenvalue weighted by molar-refractivity contribution is -0.161. The fraction of sp³-hybridized carbons (Fsp3) is 0.651. The van der Waals surface area contributed by atoms with E-state index in [-0.39, 0.29) is 38.4 Å². The molecule has 2 atom stereocenters. The predicted molar refractivity (Wildman–Crippen MR) is 219 cm³/mol. The smallest absolute Gasteiger partial charge is 0.466 e. The second-order valence-electron chi connectivity index (χ2n) is 13.8. The summed E-state index contributed by atoms with van der Waals surface area (Å²) in [7, 11) is -4.42. The van der Waals surface area contributed by atoms with Crippen molar-refractivity contribution in [1.29, 1.82) is 0 Å². The lowest BCUT2D eigenvalue weighted by atomic mass is 10.0. The fourth-order valence-corrected chi connectivity index (χ4v) is 6.33. The third kappa shape index (κ3) is 26.4. The van der Waals surface area contributed by atoms with E-state index in [1.165, 1.54) is 11.1 Å². The number of unbranched alkanes of at least 4 members (excludes halogenated alkanes) is 8. The van der Waals surface area contributed by atoms with Gasteiger partial charge in [0.15, 0.2) is 11.9 Å². The van der Waals surface area contributed by atoms with Crippen LogP contribution in [0, 0.1) is 13.8 Å². The van der Waals surface area contributed by atoms with Crippen molar-refractivity contribution < 1.29 is 46.8 Å². The van der Waals surface area contributed by atoms with Crippen molar-refractivity contribution in [3.8, 4) is 0 Å². The Morgan fingerprint density at radius 3 is 2.07 bits per heavy atom. The van der Waals surface area contributed by atoms with E-state index >= 15 is 0 Å². The molecule has 1 rings (SSSR count). The fourth-order valence-electron chi connectivity index (χ4n) is 5.57. The van der Waals surface area contributed by atoms with Gasteiger partial charge in [0.25, 0.3) is 0 Å². The summed E-state index contributed by atoms with van der Waals surface area (Å²) in [6.45, 7) is 7.61. The van der Waals surface area contributed by atoms with Crippen LogP contribution in [0.3, 0.4) is 0 Å². The molecular formula is C43H70NO10P. The monoisotopic (exact) mass is 791 g/mol. The van der Waals surface area contributed by atoms with E-state index in [0.717, 1.165) is 95.0 Å². The van der Waals surface area contributed by atoms with Gasteiger partial charge in [0.2, 0.25) is 0 Å². The lowest BCUT2D eigenvalue weighted by Gasteiger charge is -2.19. The van der Waals surface area contributed by atoms with Crippen molar-refractivity contribution in [2.45, 2.75) is 156 Å². The number of phosphoric ester groups is 1. The van der Waals surface area contributed by atoms with Crippen LogP contribution in [-0.2, 0) is 50.3 Å². The van der Waals surface area contributed by atoms with E-state index in [4.69, 9.17) is 28.7 Å². The molecule has 0 fully saturated rings. The summed E-state index contributed by atoms with van der Waals surface area (Å²) >= 11 is 0. The maximum atomic E-state index is 12.6. The zero-order chi connectivity index (χ0) is 40.6. The molecule has 3 N–H and O–H groups in total. The highest BCUT2D eigenvalue weighted by atomic mass is 31.2. The maximum absolute atomic E-state index is 12.6. The molecule has 11 nitrogen and oxygen atoms in total. The quantitative estimate of drug-likeness (QED) is 0.0170. The first-order valence-electron chi connectivity index (χ1n) is 20.4. The molecular weight excluding hydrogens is 721 g/mol. The van der Waals surface area contributed by atoms with Crippen molar-refractivity contribution in [2.24, 2.45) is 5.73 Å². The molecule has 0 aliphatic rings. The molecule has 0 aliphatic heterocycles. The summed E-state index contributed by atoms with van der Waals surface area (Å²) in [5.41, 5.74) is 7.89. The summed E-state index contributed by atoms with van der Waals surface area (Å²) in [6, 6.07) is 0. The number of furan rings is 1. The molecule has 1 heterocycles. The number of hydrogen-bond acceptors (Lipinski definition) is 10. The van der Waals surface area contributed by atoms with Gasteiger partial charge >= 0.3 is 19.8 Å². The summed E-state index contributed by atoms with van der Waals surface area (Å²) < 4.78 is 38.8. The third-order valence-electron chi connectivity index (χ3n) is 8.87. The van der Waals surface area contributed by atoms with Gasteiger partial charge in [0.05, 0.1) is 13.2 Å². The van der Waals surface area contributed by atoms with E-state index in [9.17, 15) is 23.8 Å². The number of nitrogens with two attached hydrogens (primary N) is 1. The Morgan fingerprint density at radius 1 is 0.727 bits per heavy atom. The Hall–Kier alpha value is -3.08. The Kier molecular flexibility index (Phi) is 29.1. The maximum Gasteiger partial charge on any atom is 0.472 e. The van der Waals surface area contributed by atoms with Gasteiger partial charge < -0.3 is 24.5 Å². The number of allylic oxidation sites excluding steroid dienone is 8. The SMILES string of the molecule is CCCCCC(=O)/C=C/C=C\C/C=C\C/C=C\CCCC(=O)O[C@H](COC(=O)CCCCCCCCc1oc(CCC)c(C)c1C)COP(=O)(O)OCCN. The number of ketones is 1. The predicted octanol–water partition coefficient (Wildman–Crippen LogP) is 9.99. The molecule has 55 heavy (non-hydrogen) atoms. The van der Waals surface area contributed by atoms with Crippen LogP contribution in [0.15, 0.2) is 53.0 Å². The summed E-state index contributed by atoms with van der Waals surface area (Å²) in [5.74, 6) is 1.41. The van der Waals surface area contributed by atoms with Crippen LogP contribution in [0.4, 0.5) is 0 Å². The molecule has 1 aromatic heterocycles. The molecule has 0 saturated heterocycles. The first-order valence-corrected chi connectivity index (χ1v) is 21.9. The van der Waals surface area contributed by atoms with E-state index < -0.39 is 32.5 Å². The second kappa shape index (κ2) is 32.1. The summed E-state index contributed by atoms with van der Waals surface area (Å²) in [6.07, 6.45) is 30.0. The number of ether oxygens (including phenoxy) is 2. The Morgan fingerprint density at radius 2 is 1.36 bits per heavy atom. The third-order valence-corrected chi connectivity index (χ3v) is 9.85. The minimum atomic E-state index is -4.42. The zero-order valence-electron chi connectivity index (χ0n) is 34.1. The number of esters is 2. The normalized spacial score (nSPS) is 13.7. The number of carbonyl (C=O) groups excluding carboxylic acids is 3. The Labute approximate surface area is 330 Å². The van der Waals surface area contributed by atoms with Gasteiger partial charge in [-0.2, -0.15) is 0 Å². The molecule has 0 amide bonds. The first-order chi connectivity index (χ1) is 26.5. The highest BCUT2D eigenvalue weighted by Crippen LogP contribution is 2.43. The van der Waals surface area contributed by atoms with Gasteiger partial charge in [-0.15, -0.1) is 0 Å². The molecule has 0 aromatic carbocycles. The largest absolute Gasteiger partial charge is 0.472 e. The molecule has 0 spiro atoms. The molecule has 312 valence electrons. The molecule has 0 saturated carbocycles. The number of rotatable bonds is 34. The minimum Gasteiger partial charge on any atom is -0.466 e. The van der Waals surface area contributed by atoms with Gasteiger partial charge in [-0.05, 0) is 82.4 Å². The number of aryl methyl sites for hydroxylation is 2. The van der Waals surface area contributed by atoms with Gasteiger partial charge in [-0.3, -0.25) is 23.4 Å². The van der Waals surface area contributed by atoms with Crippen LogP contribution in [0.5, 0.6) is 0 Å². The van der Waals surface area contributed by atoms with Crippen molar-refractivity contribution in [3.05, 3.63) is 71.3 Å². The highest BCUT2D eigenvalue weighted by Gasteiger charge is 2.26. The van der Waals surface area contributed by atoms with Crippen LogP contribution in [0.1, 0.15) is 146 Å². The van der Waals surface area contributed by atoms with E-state index in [1.807, 2.05) is 36.5 Å². The number of phosphoric acid groups is 1. The van der Waals surface area contributed by atoms with Crippen molar-refractivity contribution in [2.75, 3.05) is 26.4 Å². The lowest BCUT2D eigenvalue weighted by Crippen LogP contribution is -2.29. The van der Waals surface area contributed by atoms with Crippen molar-refractivity contribution in [3.63, 3.8) is 0 Å². The van der Waals surface area contributed by atoms with Gasteiger partial charge in [-0.1, -0.05) is 94.9 Å². The summed E-state index contributed by atoms with van der Waals surface area (Å²) in [4.78, 5) is 46.6. The average Bonchev–Trinajstić information content (AvgIpc) is 3.42. The van der Waals surface area contributed by atoms with Crippen LogP contribution in [0.25, 0.3) is 0 Å². The topological polar surface area (TPSA) is 165 Å².